The molecule has 0 unspecified atom stereocenters. The molecule has 0 fully saturated rings. The van der Waals surface area contributed by atoms with Crippen LogP contribution in [-0.4, -0.2) is 36.0 Å². The normalized spacial score (nSPS) is 10.9. The van der Waals surface area contributed by atoms with Gasteiger partial charge in [0.05, 0.1) is 17.4 Å². The van der Waals surface area contributed by atoms with E-state index in [1.165, 1.54) is 0 Å². The minimum atomic E-state index is -0.338. The number of anilines is 2. The molecule has 0 aliphatic rings. The zero-order chi connectivity index (χ0) is 21.2. The van der Waals surface area contributed by atoms with Crippen LogP contribution in [0.3, 0.4) is 0 Å². The fraction of sp³-hybridized carbons (Fsp3) is 0.0455. The third kappa shape index (κ3) is 3.84. The van der Waals surface area contributed by atoms with Crippen molar-refractivity contribution in [1.29, 1.82) is 0 Å². The van der Waals surface area contributed by atoms with Gasteiger partial charge in [-0.3, -0.25) is 4.68 Å². The number of fused-ring (bicyclic) bond motifs is 1. The molecule has 2 aromatic heterocycles. The summed E-state index contributed by atoms with van der Waals surface area (Å²) < 4.78 is 3.39. The highest BCUT2D eigenvalue weighted by Crippen LogP contribution is 2.21. The van der Waals surface area contributed by atoms with Crippen LogP contribution < -0.4 is 10.6 Å². The molecule has 152 valence electrons. The van der Waals surface area contributed by atoms with E-state index in [-0.39, 0.29) is 6.03 Å². The highest BCUT2D eigenvalue weighted by molar-refractivity contribution is 6.00. The average molecular weight is 410 g/mol. The minimum absolute atomic E-state index is 0.338. The third-order valence-electron chi connectivity index (χ3n) is 4.74. The maximum atomic E-state index is 12.4. The Bertz CT molecular complexity index is 1370. The van der Waals surface area contributed by atoms with Crippen molar-refractivity contribution >= 4 is 28.4 Å². The summed E-state index contributed by atoms with van der Waals surface area (Å²) in [5.41, 5.74) is 5.54. The Morgan fingerprint density at radius 2 is 1.65 bits per heavy atom. The summed E-state index contributed by atoms with van der Waals surface area (Å²) in [6, 6.07) is 22.3. The average Bonchev–Trinajstić information content (AvgIpc) is 3.41. The molecule has 2 heterocycles. The molecule has 3 aromatic carbocycles. The number of amides is 2. The molecule has 5 rings (SSSR count). The Morgan fingerprint density at radius 3 is 2.45 bits per heavy atom. The van der Waals surface area contributed by atoms with Crippen molar-refractivity contribution < 1.29 is 4.79 Å². The van der Waals surface area contributed by atoms with Crippen LogP contribution in [0.25, 0.3) is 28.0 Å². The van der Waals surface area contributed by atoms with Gasteiger partial charge in [-0.15, -0.1) is 10.2 Å². The summed E-state index contributed by atoms with van der Waals surface area (Å²) >= 11 is 0. The molecular weight excluding hydrogens is 392 g/mol. The number of urea groups is 1. The van der Waals surface area contributed by atoms with Crippen LogP contribution in [0, 0.1) is 0 Å². The SMILES string of the molecule is Cn1cc(-c2cccc(NC(=O)Nc3ccc(-n4nnc5ccccc54)cc3)c2)nn1. The van der Waals surface area contributed by atoms with Crippen LogP contribution in [0.2, 0.25) is 0 Å². The highest BCUT2D eigenvalue weighted by Gasteiger charge is 2.08. The quantitative estimate of drug-likeness (QED) is 0.468. The van der Waals surface area contributed by atoms with E-state index in [9.17, 15) is 4.79 Å². The van der Waals surface area contributed by atoms with E-state index in [2.05, 4.69) is 31.3 Å². The van der Waals surface area contributed by atoms with Gasteiger partial charge in [0.2, 0.25) is 0 Å². The van der Waals surface area contributed by atoms with E-state index in [1.54, 1.807) is 9.36 Å². The summed E-state index contributed by atoms with van der Waals surface area (Å²) in [7, 11) is 1.81. The molecular formula is C22H18N8O. The monoisotopic (exact) mass is 410 g/mol. The third-order valence-corrected chi connectivity index (χ3v) is 4.74. The van der Waals surface area contributed by atoms with Crippen LogP contribution in [0.15, 0.2) is 79.0 Å². The lowest BCUT2D eigenvalue weighted by molar-refractivity contribution is 0.262. The molecule has 31 heavy (non-hydrogen) atoms. The summed E-state index contributed by atoms with van der Waals surface area (Å²) in [6.07, 6.45) is 1.82. The predicted molar refractivity (Wildman–Crippen MR) is 118 cm³/mol. The van der Waals surface area contributed by atoms with Gasteiger partial charge in [-0.1, -0.05) is 34.7 Å². The van der Waals surface area contributed by atoms with Crippen molar-refractivity contribution in [2.75, 3.05) is 10.6 Å². The molecule has 2 N–H and O–H groups in total. The molecule has 0 aliphatic carbocycles. The second-order valence-electron chi connectivity index (χ2n) is 6.97. The number of para-hydroxylation sites is 1. The van der Waals surface area contributed by atoms with Crippen LogP contribution in [0.5, 0.6) is 0 Å². The van der Waals surface area contributed by atoms with E-state index >= 15 is 0 Å². The summed E-state index contributed by atoms with van der Waals surface area (Å²) in [4.78, 5) is 12.4. The Hall–Kier alpha value is -4.53. The van der Waals surface area contributed by atoms with Gasteiger partial charge >= 0.3 is 6.03 Å². The standard InChI is InChI=1S/C22H18N8O/c1-29-14-20(26-27-29)15-5-4-6-17(13-15)24-22(31)23-16-9-11-18(12-10-16)30-21-8-3-2-7-19(21)25-28-30/h2-14H,1H3,(H2,23,24,31). The Kier molecular flexibility index (Phi) is 4.60. The van der Waals surface area contributed by atoms with Crippen LogP contribution in [-0.2, 0) is 7.05 Å². The van der Waals surface area contributed by atoms with Crippen molar-refractivity contribution in [3.8, 4) is 16.9 Å². The lowest BCUT2D eigenvalue weighted by Gasteiger charge is -2.09. The predicted octanol–water partition coefficient (Wildman–Crippen LogP) is 3.86. The number of benzene rings is 3. The molecule has 9 heteroatoms. The maximum absolute atomic E-state index is 12.4. The second-order valence-corrected chi connectivity index (χ2v) is 6.97. The number of nitrogens with one attached hydrogen (secondary N) is 2. The minimum Gasteiger partial charge on any atom is -0.308 e. The molecule has 9 nitrogen and oxygen atoms in total. The van der Waals surface area contributed by atoms with Crippen molar-refractivity contribution in [3.05, 3.63) is 79.0 Å². The first-order chi connectivity index (χ1) is 15.2. The van der Waals surface area contributed by atoms with Gasteiger partial charge in [-0.05, 0) is 48.5 Å². The largest absolute Gasteiger partial charge is 0.323 e. The number of aryl methyl sites for hydroxylation is 1. The first-order valence-electron chi connectivity index (χ1n) is 9.61. The lowest BCUT2D eigenvalue weighted by atomic mass is 10.1. The number of nitrogens with zero attached hydrogens (tertiary/aromatic N) is 6. The summed E-state index contributed by atoms with van der Waals surface area (Å²) in [6.45, 7) is 0. The van der Waals surface area contributed by atoms with E-state index in [0.29, 0.717) is 11.4 Å². The molecule has 0 saturated heterocycles. The van der Waals surface area contributed by atoms with Gasteiger partial charge in [0.25, 0.3) is 0 Å². The molecule has 0 saturated carbocycles. The Morgan fingerprint density at radius 1 is 0.839 bits per heavy atom. The molecule has 0 aliphatic heterocycles. The summed E-state index contributed by atoms with van der Waals surface area (Å²) in [5, 5.41) is 22.1. The van der Waals surface area contributed by atoms with Crippen molar-refractivity contribution in [2.45, 2.75) is 0 Å². The van der Waals surface area contributed by atoms with E-state index < -0.39 is 0 Å². The van der Waals surface area contributed by atoms with Gasteiger partial charge in [-0.25, -0.2) is 9.48 Å². The molecule has 2 amide bonds. The maximum Gasteiger partial charge on any atom is 0.323 e. The summed E-state index contributed by atoms with van der Waals surface area (Å²) in [5.74, 6) is 0. The van der Waals surface area contributed by atoms with Crippen molar-refractivity contribution in [2.24, 2.45) is 7.05 Å². The molecule has 5 aromatic rings. The van der Waals surface area contributed by atoms with Gasteiger partial charge in [0.1, 0.15) is 11.2 Å². The fourth-order valence-corrected chi connectivity index (χ4v) is 3.27. The number of aromatic nitrogens is 6. The number of rotatable bonds is 4. The van der Waals surface area contributed by atoms with Crippen molar-refractivity contribution in [3.63, 3.8) is 0 Å². The first-order valence-corrected chi connectivity index (χ1v) is 9.61. The van der Waals surface area contributed by atoms with Crippen LogP contribution in [0.1, 0.15) is 0 Å². The lowest BCUT2D eigenvalue weighted by Crippen LogP contribution is -2.19. The molecule has 0 radical (unpaired) electrons. The highest BCUT2D eigenvalue weighted by atomic mass is 16.2. The smallest absolute Gasteiger partial charge is 0.308 e. The van der Waals surface area contributed by atoms with Gasteiger partial charge in [0.15, 0.2) is 0 Å². The Labute approximate surface area is 177 Å². The van der Waals surface area contributed by atoms with Gasteiger partial charge in [-0.2, -0.15) is 0 Å². The zero-order valence-electron chi connectivity index (χ0n) is 16.6. The number of hydrogen-bond donors (Lipinski definition) is 2. The molecule has 0 atom stereocenters. The Balaban J connectivity index is 1.28. The zero-order valence-corrected chi connectivity index (χ0v) is 16.6. The van der Waals surface area contributed by atoms with E-state index in [4.69, 9.17) is 0 Å². The van der Waals surface area contributed by atoms with E-state index in [1.807, 2.05) is 86.0 Å². The number of hydrogen-bond acceptors (Lipinski definition) is 5. The van der Waals surface area contributed by atoms with Gasteiger partial charge in [0, 0.05) is 24.0 Å². The topological polar surface area (TPSA) is 103 Å². The van der Waals surface area contributed by atoms with Crippen molar-refractivity contribution in [1.82, 2.24) is 30.0 Å². The van der Waals surface area contributed by atoms with Crippen LogP contribution in [0.4, 0.5) is 16.2 Å². The second kappa shape index (κ2) is 7.71. The van der Waals surface area contributed by atoms with E-state index in [0.717, 1.165) is 28.0 Å². The van der Waals surface area contributed by atoms with Gasteiger partial charge < -0.3 is 10.6 Å². The molecule has 0 spiro atoms. The van der Waals surface area contributed by atoms with Crippen LogP contribution >= 0.6 is 0 Å². The first kappa shape index (κ1) is 18.5. The molecule has 0 bridgehead atoms. The number of carbonyl (C=O) groups excluding carboxylic acids is 1. The fourth-order valence-electron chi connectivity index (χ4n) is 3.27. The number of carbonyl (C=O) groups is 1.